The number of hydrogen-bond acceptors (Lipinski definition) is 7. The Hall–Kier alpha value is -3.28. The summed E-state index contributed by atoms with van der Waals surface area (Å²) in [6, 6.07) is 7.17. The van der Waals surface area contributed by atoms with Crippen LogP contribution in [0.1, 0.15) is 47.3 Å². The van der Waals surface area contributed by atoms with E-state index in [1.165, 1.54) is 6.07 Å². The number of amides is 1. The molecule has 0 spiro atoms. The van der Waals surface area contributed by atoms with Crippen LogP contribution in [0.4, 0.5) is 13.2 Å². The number of nitrogens with one attached hydrogen (secondary N) is 1. The number of ether oxygens (including phenoxy) is 2. The Morgan fingerprint density at radius 1 is 1.21 bits per heavy atom. The third-order valence-electron chi connectivity index (χ3n) is 6.72. The van der Waals surface area contributed by atoms with E-state index in [0.717, 1.165) is 29.0 Å². The van der Waals surface area contributed by atoms with Crippen molar-refractivity contribution < 1.29 is 27.4 Å². The Kier molecular flexibility index (Phi) is 8.73. The topological polar surface area (TPSA) is 79.3 Å². The lowest BCUT2D eigenvalue weighted by molar-refractivity contribution is -0.137. The molecule has 1 fully saturated rings. The van der Waals surface area contributed by atoms with Crippen LogP contribution in [-0.2, 0) is 17.5 Å². The standard InChI is InChI=1S/C28H34F3N5O3/c1-5-39-25-7-6-21(16-32-25)24-15-27(18-33-19(24)2,36-8-10-38-11-9-36)34-26(37)22-12-20(17-35(3)4)13-23(14-22)28(29,30)31/h6-7,12-14,16,18H,5,8-11,15,17H2,1-4H3,(H,34,37). The van der Waals surface area contributed by atoms with Gasteiger partial charge in [-0.2, -0.15) is 13.2 Å². The van der Waals surface area contributed by atoms with Crippen LogP contribution in [0.5, 0.6) is 5.88 Å². The molecule has 210 valence electrons. The molecular formula is C28H34F3N5O3. The number of allylic oxidation sites excluding steroid dienone is 1. The van der Waals surface area contributed by atoms with E-state index in [4.69, 9.17) is 9.47 Å². The van der Waals surface area contributed by atoms with Crippen LogP contribution in [0, 0.1) is 0 Å². The second-order valence-corrected chi connectivity index (χ2v) is 9.95. The summed E-state index contributed by atoms with van der Waals surface area (Å²) in [6.07, 6.45) is -0.839. The van der Waals surface area contributed by atoms with E-state index in [1.807, 2.05) is 19.9 Å². The van der Waals surface area contributed by atoms with Crippen LogP contribution in [0.3, 0.4) is 0 Å². The van der Waals surface area contributed by atoms with Crippen LogP contribution in [0.2, 0.25) is 0 Å². The third-order valence-corrected chi connectivity index (χ3v) is 6.72. The van der Waals surface area contributed by atoms with Crippen LogP contribution >= 0.6 is 0 Å². The largest absolute Gasteiger partial charge is 0.478 e. The van der Waals surface area contributed by atoms with Crippen molar-refractivity contribution in [3.63, 3.8) is 0 Å². The van der Waals surface area contributed by atoms with Crippen LogP contribution < -0.4 is 10.1 Å². The van der Waals surface area contributed by atoms with Gasteiger partial charge in [0.2, 0.25) is 5.88 Å². The molecule has 2 aliphatic rings. The highest BCUT2D eigenvalue weighted by Gasteiger charge is 2.41. The highest BCUT2D eigenvalue weighted by molar-refractivity contribution is 5.98. The number of hydrogen-bond donors (Lipinski definition) is 1. The molecular weight excluding hydrogens is 511 g/mol. The van der Waals surface area contributed by atoms with Gasteiger partial charge in [-0.3, -0.25) is 14.7 Å². The number of aliphatic imine (C=N–C) groups is 1. The van der Waals surface area contributed by atoms with Gasteiger partial charge in [0.25, 0.3) is 5.91 Å². The third kappa shape index (κ3) is 6.84. The van der Waals surface area contributed by atoms with Crippen molar-refractivity contribution in [3.8, 4) is 5.88 Å². The second kappa shape index (κ2) is 11.8. The van der Waals surface area contributed by atoms with Crippen molar-refractivity contribution >= 4 is 17.7 Å². The molecule has 2 aromatic rings. The second-order valence-electron chi connectivity index (χ2n) is 9.95. The lowest BCUT2D eigenvalue weighted by Gasteiger charge is -2.45. The zero-order chi connectivity index (χ0) is 28.2. The maximum Gasteiger partial charge on any atom is 0.416 e. The first kappa shape index (κ1) is 28.7. The molecule has 1 atom stereocenters. The number of pyridine rings is 1. The summed E-state index contributed by atoms with van der Waals surface area (Å²) in [6.45, 7) is 6.49. The van der Waals surface area contributed by atoms with Crippen LogP contribution in [0.25, 0.3) is 5.57 Å². The molecule has 0 saturated carbocycles. The molecule has 11 heteroatoms. The van der Waals surface area contributed by atoms with E-state index in [-0.39, 0.29) is 12.1 Å². The Bertz CT molecular complexity index is 1240. The number of alkyl halides is 3. The molecule has 2 aliphatic heterocycles. The molecule has 0 bridgehead atoms. The number of nitrogens with zero attached hydrogens (tertiary/aromatic N) is 4. The number of morpholine rings is 1. The number of rotatable bonds is 8. The molecule has 4 rings (SSSR count). The monoisotopic (exact) mass is 545 g/mol. The van der Waals surface area contributed by atoms with E-state index >= 15 is 0 Å². The molecule has 8 nitrogen and oxygen atoms in total. The highest BCUT2D eigenvalue weighted by Crippen LogP contribution is 2.35. The Balaban J connectivity index is 1.70. The first-order valence-corrected chi connectivity index (χ1v) is 12.9. The smallest absolute Gasteiger partial charge is 0.416 e. The first-order valence-electron chi connectivity index (χ1n) is 12.9. The van der Waals surface area contributed by atoms with E-state index in [9.17, 15) is 18.0 Å². The van der Waals surface area contributed by atoms with E-state index in [0.29, 0.717) is 50.8 Å². The van der Waals surface area contributed by atoms with Gasteiger partial charge in [0.15, 0.2) is 0 Å². The molecule has 1 aromatic carbocycles. The number of halogens is 3. The van der Waals surface area contributed by atoms with Gasteiger partial charge < -0.3 is 19.7 Å². The Morgan fingerprint density at radius 2 is 1.95 bits per heavy atom. The van der Waals surface area contributed by atoms with Gasteiger partial charge in [0, 0.05) is 55.8 Å². The minimum absolute atomic E-state index is 0.0572. The zero-order valence-corrected chi connectivity index (χ0v) is 22.6. The van der Waals surface area contributed by atoms with Crippen molar-refractivity contribution in [2.75, 3.05) is 47.0 Å². The minimum atomic E-state index is -4.58. The SMILES string of the molecule is CCOc1ccc(C2=C(C)N=CC(NC(=O)c3cc(CN(C)C)cc(C(F)(F)F)c3)(N3CCOCC3)C2)cn1. The van der Waals surface area contributed by atoms with Crippen molar-refractivity contribution in [2.45, 2.75) is 38.7 Å². The molecule has 0 aliphatic carbocycles. The highest BCUT2D eigenvalue weighted by atomic mass is 19.4. The van der Waals surface area contributed by atoms with Crippen LogP contribution in [0.15, 0.2) is 47.2 Å². The van der Waals surface area contributed by atoms with Gasteiger partial charge >= 0.3 is 6.18 Å². The molecule has 0 radical (unpaired) electrons. The first-order chi connectivity index (χ1) is 18.5. The lowest BCUT2D eigenvalue weighted by atomic mass is 9.90. The fourth-order valence-electron chi connectivity index (χ4n) is 4.85. The Morgan fingerprint density at radius 3 is 2.56 bits per heavy atom. The predicted molar refractivity (Wildman–Crippen MR) is 143 cm³/mol. The van der Waals surface area contributed by atoms with Crippen molar-refractivity contribution in [1.29, 1.82) is 0 Å². The lowest BCUT2D eigenvalue weighted by Crippen LogP contribution is -2.65. The van der Waals surface area contributed by atoms with E-state index in [1.54, 1.807) is 37.5 Å². The predicted octanol–water partition coefficient (Wildman–Crippen LogP) is 4.22. The van der Waals surface area contributed by atoms with E-state index < -0.39 is 23.3 Å². The molecule has 3 heterocycles. The summed E-state index contributed by atoms with van der Waals surface area (Å²) in [4.78, 5) is 26.5. The Labute approximate surface area is 226 Å². The summed E-state index contributed by atoms with van der Waals surface area (Å²) in [5.41, 5.74) is 0.884. The number of aromatic nitrogens is 1. The minimum Gasteiger partial charge on any atom is -0.478 e. The molecule has 1 aromatic heterocycles. The summed E-state index contributed by atoms with van der Waals surface area (Å²) in [5.74, 6) is -0.104. The summed E-state index contributed by atoms with van der Waals surface area (Å²) < 4.78 is 52.2. The van der Waals surface area contributed by atoms with Gasteiger partial charge in [-0.25, -0.2) is 4.98 Å². The molecule has 1 saturated heterocycles. The zero-order valence-electron chi connectivity index (χ0n) is 22.6. The average Bonchev–Trinajstić information content (AvgIpc) is 2.90. The normalized spacial score (nSPS) is 20.4. The fourth-order valence-corrected chi connectivity index (χ4v) is 4.85. The maximum atomic E-state index is 13.7. The fraction of sp³-hybridized carbons (Fsp3) is 0.464. The van der Waals surface area contributed by atoms with Gasteiger partial charge in [0.05, 0.1) is 25.4 Å². The maximum absolute atomic E-state index is 13.7. The average molecular weight is 546 g/mol. The summed E-state index contributed by atoms with van der Waals surface area (Å²) in [7, 11) is 3.52. The van der Waals surface area contributed by atoms with Crippen molar-refractivity contribution in [1.82, 2.24) is 20.1 Å². The molecule has 1 unspecified atom stereocenters. The summed E-state index contributed by atoms with van der Waals surface area (Å²) >= 11 is 0. The van der Waals surface area contributed by atoms with Crippen molar-refractivity contribution in [3.05, 3.63) is 64.5 Å². The van der Waals surface area contributed by atoms with Crippen LogP contribution in [-0.4, -0.2) is 79.6 Å². The van der Waals surface area contributed by atoms with Gasteiger partial charge in [-0.15, -0.1) is 0 Å². The number of carbonyl (C=O) groups excluding carboxylic acids is 1. The van der Waals surface area contributed by atoms with Gasteiger partial charge in [0.1, 0.15) is 5.66 Å². The van der Waals surface area contributed by atoms with Gasteiger partial charge in [-0.05, 0) is 68.9 Å². The molecule has 1 N–H and O–H groups in total. The summed E-state index contributed by atoms with van der Waals surface area (Å²) in [5, 5.41) is 3.05. The number of carbonyl (C=O) groups is 1. The van der Waals surface area contributed by atoms with Crippen molar-refractivity contribution in [2.24, 2.45) is 4.99 Å². The number of benzene rings is 1. The molecule has 1 amide bonds. The van der Waals surface area contributed by atoms with Gasteiger partial charge in [-0.1, -0.05) is 0 Å². The van der Waals surface area contributed by atoms with E-state index in [2.05, 4.69) is 20.2 Å². The quantitative estimate of drug-likeness (QED) is 0.535. The molecule has 39 heavy (non-hydrogen) atoms.